The summed E-state index contributed by atoms with van der Waals surface area (Å²) in [6, 6.07) is 16.3. The number of nitrogens with zero attached hydrogens (tertiary/aromatic N) is 4. The van der Waals surface area contributed by atoms with E-state index in [1.165, 1.54) is 0 Å². The van der Waals surface area contributed by atoms with Gasteiger partial charge in [-0.05, 0) is 34.4 Å². The molecule has 160 valence electrons. The van der Waals surface area contributed by atoms with Gasteiger partial charge in [-0.3, -0.25) is 19.7 Å². The Morgan fingerprint density at radius 1 is 1.03 bits per heavy atom. The summed E-state index contributed by atoms with van der Waals surface area (Å²) in [7, 11) is 3.58. The van der Waals surface area contributed by atoms with Gasteiger partial charge in [-0.1, -0.05) is 36.4 Å². The van der Waals surface area contributed by atoms with Crippen LogP contribution < -0.4 is 0 Å². The Bertz CT molecular complexity index is 1010. The molecule has 1 aliphatic rings. The van der Waals surface area contributed by atoms with E-state index in [0.717, 1.165) is 35.3 Å². The molecule has 1 aromatic carbocycles. The fourth-order valence-electron chi connectivity index (χ4n) is 4.18. The Kier molecular flexibility index (Phi) is 6.39. The molecule has 1 atom stereocenters. The highest BCUT2D eigenvalue weighted by molar-refractivity contribution is 5.86. The number of carbonyl (C=O) groups is 1. The van der Waals surface area contributed by atoms with Crippen molar-refractivity contribution in [3.63, 3.8) is 0 Å². The third-order valence-corrected chi connectivity index (χ3v) is 5.60. The Morgan fingerprint density at radius 3 is 2.48 bits per heavy atom. The molecule has 6 heteroatoms. The van der Waals surface area contributed by atoms with Crippen molar-refractivity contribution < 1.29 is 9.53 Å². The van der Waals surface area contributed by atoms with E-state index in [2.05, 4.69) is 39.1 Å². The summed E-state index contributed by atoms with van der Waals surface area (Å²) in [6.07, 6.45) is 7.79. The first kappa shape index (κ1) is 21.2. The zero-order chi connectivity index (χ0) is 21.7. The van der Waals surface area contributed by atoms with Gasteiger partial charge in [0.05, 0.1) is 6.61 Å². The van der Waals surface area contributed by atoms with Gasteiger partial charge in [-0.15, -0.1) is 0 Å². The highest BCUT2D eigenvalue weighted by Gasteiger charge is 2.44. The van der Waals surface area contributed by atoms with E-state index in [1.54, 1.807) is 31.4 Å². The molecule has 0 N–H and O–H groups in total. The average Bonchev–Trinajstić information content (AvgIpc) is 2.80. The van der Waals surface area contributed by atoms with Gasteiger partial charge >= 0.3 is 0 Å². The summed E-state index contributed by atoms with van der Waals surface area (Å²) in [5.74, 6) is -0.00447. The maximum Gasteiger partial charge on any atom is 0.255 e. The molecule has 0 spiro atoms. The number of rotatable bonds is 6. The molecular weight excluding hydrogens is 388 g/mol. The van der Waals surface area contributed by atoms with Gasteiger partial charge in [0, 0.05) is 64.9 Å². The quantitative estimate of drug-likeness (QED) is 0.618. The van der Waals surface area contributed by atoms with Crippen molar-refractivity contribution in [3.05, 3.63) is 84.4 Å². The van der Waals surface area contributed by atoms with Crippen LogP contribution in [0.4, 0.5) is 0 Å². The van der Waals surface area contributed by atoms with Crippen LogP contribution >= 0.6 is 0 Å². The summed E-state index contributed by atoms with van der Waals surface area (Å²) < 4.78 is 6.25. The molecule has 2 aromatic heterocycles. The largest absolute Gasteiger partial charge is 0.362 e. The minimum atomic E-state index is -0.919. The van der Waals surface area contributed by atoms with Crippen LogP contribution in [0.3, 0.4) is 0 Å². The molecule has 1 amide bonds. The van der Waals surface area contributed by atoms with E-state index in [9.17, 15) is 4.79 Å². The molecule has 3 heterocycles. The minimum absolute atomic E-state index is 0.00447. The smallest absolute Gasteiger partial charge is 0.255 e. The summed E-state index contributed by atoms with van der Waals surface area (Å²) >= 11 is 0. The van der Waals surface area contributed by atoms with Crippen molar-refractivity contribution in [1.82, 2.24) is 19.8 Å². The van der Waals surface area contributed by atoms with Crippen LogP contribution in [0.2, 0.25) is 0 Å². The Hall–Kier alpha value is -3.09. The first-order valence-corrected chi connectivity index (χ1v) is 10.5. The van der Waals surface area contributed by atoms with Crippen LogP contribution in [0.1, 0.15) is 11.1 Å². The van der Waals surface area contributed by atoms with E-state index in [0.29, 0.717) is 19.6 Å². The zero-order valence-electron chi connectivity index (χ0n) is 18.1. The highest BCUT2D eigenvalue weighted by Crippen LogP contribution is 2.28. The standard InChI is InChI=1S/C25H28N4O2/c1-28(2)24(30)25(19-29(12-13-31-25)18-21-7-4-10-26-16-21)15-20-6-3-8-22(14-20)23-9-5-11-27-17-23/h3-11,14,16-17H,12-13,15,18-19H2,1-2H3/t25-/m1/s1. The van der Waals surface area contributed by atoms with Crippen LogP contribution in [0.5, 0.6) is 0 Å². The number of carbonyl (C=O) groups excluding carboxylic acids is 1. The van der Waals surface area contributed by atoms with Crippen molar-refractivity contribution in [1.29, 1.82) is 0 Å². The van der Waals surface area contributed by atoms with Gasteiger partial charge < -0.3 is 9.64 Å². The van der Waals surface area contributed by atoms with E-state index in [1.807, 2.05) is 36.7 Å². The number of hydrogen-bond donors (Lipinski definition) is 0. The van der Waals surface area contributed by atoms with Gasteiger partial charge in [0.2, 0.25) is 0 Å². The van der Waals surface area contributed by atoms with E-state index in [4.69, 9.17) is 4.74 Å². The molecule has 0 radical (unpaired) electrons. The van der Waals surface area contributed by atoms with Gasteiger partial charge in [-0.2, -0.15) is 0 Å². The molecule has 0 saturated carbocycles. The molecule has 0 aliphatic carbocycles. The van der Waals surface area contributed by atoms with E-state index >= 15 is 0 Å². The van der Waals surface area contributed by atoms with Crippen LogP contribution in [0.15, 0.2) is 73.3 Å². The summed E-state index contributed by atoms with van der Waals surface area (Å²) in [6.45, 7) is 2.58. The maximum atomic E-state index is 13.3. The van der Waals surface area contributed by atoms with Crippen molar-refractivity contribution in [2.75, 3.05) is 33.8 Å². The Morgan fingerprint density at radius 2 is 1.77 bits per heavy atom. The maximum absolute atomic E-state index is 13.3. The molecule has 1 fully saturated rings. The summed E-state index contributed by atoms with van der Waals surface area (Å²) in [5.41, 5.74) is 3.42. The lowest BCUT2D eigenvalue weighted by atomic mass is 9.89. The lowest BCUT2D eigenvalue weighted by Gasteiger charge is -2.43. The number of ether oxygens (including phenoxy) is 1. The van der Waals surface area contributed by atoms with Gasteiger partial charge in [0.25, 0.3) is 5.91 Å². The van der Waals surface area contributed by atoms with Crippen LogP contribution in [0.25, 0.3) is 11.1 Å². The fraction of sp³-hybridized carbons (Fsp3) is 0.320. The zero-order valence-corrected chi connectivity index (χ0v) is 18.1. The van der Waals surface area contributed by atoms with Crippen LogP contribution in [-0.2, 0) is 22.5 Å². The molecule has 1 aliphatic heterocycles. The lowest BCUT2D eigenvalue weighted by molar-refractivity contribution is -0.169. The molecular formula is C25H28N4O2. The SMILES string of the molecule is CN(C)C(=O)[C@@]1(Cc2cccc(-c3cccnc3)c2)CN(Cc2cccnc2)CCO1. The molecule has 31 heavy (non-hydrogen) atoms. The third-order valence-electron chi connectivity index (χ3n) is 5.60. The van der Waals surface area contributed by atoms with Crippen molar-refractivity contribution in [2.24, 2.45) is 0 Å². The second-order valence-electron chi connectivity index (χ2n) is 8.23. The van der Waals surface area contributed by atoms with Crippen LogP contribution in [-0.4, -0.2) is 65.1 Å². The number of pyridine rings is 2. The first-order valence-electron chi connectivity index (χ1n) is 10.5. The second kappa shape index (κ2) is 9.37. The molecule has 0 bridgehead atoms. The van der Waals surface area contributed by atoms with Gasteiger partial charge in [0.1, 0.15) is 0 Å². The molecule has 6 nitrogen and oxygen atoms in total. The molecule has 4 rings (SSSR count). The van der Waals surface area contributed by atoms with Crippen molar-refractivity contribution in [3.8, 4) is 11.1 Å². The Balaban J connectivity index is 1.60. The number of amides is 1. The third kappa shape index (κ3) is 4.98. The summed E-state index contributed by atoms with van der Waals surface area (Å²) in [4.78, 5) is 25.7. The highest BCUT2D eigenvalue weighted by atomic mass is 16.5. The minimum Gasteiger partial charge on any atom is -0.362 e. The molecule has 3 aromatic rings. The van der Waals surface area contributed by atoms with Crippen molar-refractivity contribution in [2.45, 2.75) is 18.6 Å². The Labute approximate surface area is 183 Å². The number of aromatic nitrogens is 2. The number of benzene rings is 1. The molecule has 0 unspecified atom stereocenters. The number of likely N-dealkylation sites (N-methyl/N-ethyl adjacent to an activating group) is 1. The van der Waals surface area contributed by atoms with Gasteiger partial charge in [-0.25, -0.2) is 0 Å². The normalized spacial score (nSPS) is 19.2. The molecule has 1 saturated heterocycles. The number of hydrogen-bond acceptors (Lipinski definition) is 5. The lowest BCUT2D eigenvalue weighted by Crippen LogP contribution is -2.60. The average molecular weight is 417 g/mol. The second-order valence-corrected chi connectivity index (χ2v) is 8.23. The number of morpholine rings is 1. The summed E-state index contributed by atoms with van der Waals surface area (Å²) in [5, 5.41) is 0. The van der Waals surface area contributed by atoms with E-state index in [-0.39, 0.29) is 5.91 Å². The fourth-order valence-corrected chi connectivity index (χ4v) is 4.18. The predicted octanol–water partition coefficient (Wildman–Crippen LogP) is 3.05. The van der Waals surface area contributed by atoms with Crippen molar-refractivity contribution >= 4 is 5.91 Å². The monoisotopic (exact) mass is 416 g/mol. The predicted molar refractivity (Wildman–Crippen MR) is 120 cm³/mol. The topological polar surface area (TPSA) is 58.6 Å². The van der Waals surface area contributed by atoms with Crippen LogP contribution in [0, 0.1) is 0 Å². The van der Waals surface area contributed by atoms with Gasteiger partial charge in [0.15, 0.2) is 5.60 Å². The van der Waals surface area contributed by atoms with E-state index < -0.39 is 5.60 Å². The first-order chi connectivity index (χ1) is 15.1.